The van der Waals surface area contributed by atoms with Crippen LogP contribution in [0, 0.1) is 34.5 Å². The number of hydrogen-bond donors (Lipinski definition) is 1. The largest absolute Gasteiger partial charge is 0.393 e. The van der Waals surface area contributed by atoms with Gasteiger partial charge in [0.15, 0.2) is 0 Å². The molecule has 4 rings (SSSR count). The normalized spacial score (nSPS) is 58.6. The molecule has 1 N–H and O–H groups in total. The van der Waals surface area contributed by atoms with Gasteiger partial charge in [-0.3, -0.25) is 0 Å². The molecule has 0 amide bonds. The summed E-state index contributed by atoms with van der Waals surface area (Å²) >= 11 is 0. The molecule has 114 valence electrons. The number of aliphatic hydroxyl groups excluding tert-OH is 1. The van der Waals surface area contributed by atoms with Crippen molar-refractivity contribution in [1.82, 2.24) is 0 Å². The van der Waals surface area contributed by atoms with Gasteiger partial charge in [-0.1, -0.05) is 26.7 Å². The minimum Gasteiger partial charge on any atom is -0.393 e. The fourth-order valence-corrected chi connectivity index (χ4v) is 7.27. The Kier molecular flexibility index (Phi) is 3.05. The maximum atomic E-state index is 10.5. The minimum absolute atomic E-state index is 0.00895. The summed E-state index contributed by atoms with van der Waals surface area (Å²) in [6.07, 6.45) is 14.0. The standard InChI is InChI=1S/C19H32O/c1-18-11-4-3-5-13(18)6-7-14-15-8-9-17(20)19(15,2)12-10-16(14)18/h13-17,20H,3-12H2,1-2H3/t13-,14-,15+,16-,17+,18+,19+/m1/s1. The Hall–Kier alpha value is -0.0400. The first kappa shape index (κ1) is 13.6. The topological polar surface area (TPSA) is 20.2 Å². The molecule has 0 aromatic carbocycles. The first-order chi connectivity index (χ1) is 9.56. The van der Waals surface area contributed by atoms with Gasteiger partial charge < -0.3 is 5.11 Å². The third-order valence-corrected chi connectivity index (χ3v) is 8.53. The lowest BCUT2D eigenvalue weighted by Crippen LogP contribution is -2.53. The minimum atomic E-state index is -0.00895. The Bertz CT molecular complexity index is 391. The van der Waals surface area contributed by atoms with E-state index in [0.717, 1.165) is 30.1 Å². The van der Waals surface area contributed by atoms with Gasteiger partial charge in [0.2, 0.25) is 0 Å². The van der Waals surface area contributed by atoms with E-state index < -0.39 is 0 Å². The SMILES string of the molecule is C[C@]12CCCC[C@@H]1CC[C@H]1[C@H]2CC[C@]2(C)[C@@H](O)CC[C@@H]12. The maximum Gasteiger partial charge on any atom is 0.0596 e. The van der Waals surface area contributed by atoms with Gasteiger partial charge in [0, 0.05) is 0 Å². The van der Waals surface area contributed by atoms with Gasteiger partial charge in [-0.25, -0.2) is 0 Å². The van der Waals surface area contributed by atoms with Crippen LogP contribution in [0.4, 0.5) is 0 Å². The van der Waals surface area contributed by atoms with Crippen LogP contribution in [-0.2, 0) is 0 Å². The number of hydrogen-bond acceptors (Lipinski definition) is 1. The molecule has 4 saturated carbocycles. The molecule has 7 atom stereocenters. The second kappa shape index (κ2) is 4.48. The zero-order chi connectivity index (χ0) is 14.0. The molecular weight excluding hydrogens is 244 g/mol. The van der Waals surface area contributed by atoms with E-state index in [1.807, 2.05) is 0 Å². The summed E-state index contributed by atoms with van der Waals surface area (Å²) in [6, 6.07) is 0. The van der Waals surface area contributed by atoms with Crippen LogP contribution < -0.4 is 0 Å². The van der Waals surface area contributed by atoms with E-state index in [-0.39, 0.29) is 11.5 Å². The third-order valence-electron chi connectivity index (χ3n) is 8.53. The second-order valence-corrected chi connectivity index (χ2v) is 9.04. The Morgan fingerprint density at radius 1 is 0.750 bits per heavy atom. The van der Waals surface area contributed by atoms with E-state index in [0.29, 0.717) is 5.41 Å². The smallest absolute Gasteiger partial charge is 0.0596 e. The van der Waals surface area contributed by atoms with E-state index in [1.165, 1.54) is 57.8 Å². The monoisotopic (exact) mass is 276 g/mol. The highest BCUT2D eigenvalue weighted by Crippen LogP contribution is 2.66. The number of fused-ring (bicyclic) bond motifs is 5. The van der Waals surface area contributed by atoms with Crippen LogP contribution in [0.1, 0.15) is 78.1 Å². The van der Waals surface area contributed by atoms with Crippen molar-refractivity contribution >= 4 is 0 Å². The highest BCUT2D eigenvalue weighted by molar-refractivity contribution is 5.08. The summed E-state index contributed by atoms with van der Waals surface area (Å²) < 4.78 is 0. The molecule has 4 aliphatic carbocycles. The average Bonchev–Trinajstić information content (AvgIpc) is 2.74. The Morgan fingerprint density at radius 3 is 2.40 bits per heavy atom. The van der Waals surface area contributed by atoms with E-state index in [1.54, 1.807) is 0 Å². The molecule has 0 spiro atoms. The Morgan fingerprint density at radius 2 is 1.55 bits per heavy atom. The lowest BCUT2D eigenvalue weighted by molar-refractivity contribution is -0.120. The van der Waals surface area contributed by atoms with Crippen molar-refractivity contribution in [3.8, 4) is 0 Å². The van der Waals surface area contributed by atoms with Crippen LogP contribution in [0.2, 0.25) is 0 Å². The summed E-state index contributed by atoms with van der Waals surface area (Å²) in [7, 11) is 0. The highest BCUT2D eigenvalue weighted by Gasteiger charge is 2.59. The molecular formula is C19H32O. The zero-order valence-corrected chi connectivity index (χ0v) is 13.4. The molecule has 0 unspecified atom stereocenters. The zero-order valence-electron chi connectivity index (χ0n) is 13.4. The number of aliphatic hydroxyl groups is 1. The summed E-state index contributed by atoms with van der Waals surface area (Å²) in [5, 5.41) is 10.5. The van der Waals surface area contributed by atoms with Crippen LogP contribution in [-0.4, -0.2) is 11.2 Å². The first-order valence-electron chi connectivity index (χ1n) is 9.24. The van der Waals surface area contributed by atoms with E-state index >= 15 is 0 Å². The highest BCUT2D eigenvalue weighted by atomic mass is 16.3. The van der Waals surface area contributed by atoms with Gasteiger partial charge in [-0.2, -0.15) is 0 Å². The van der Waals surface area contributed by atoms with Crippen LogP contribution in [0.15, 0.2) is 0 Å². The lowest BCUT2D eigenvalue weighted by Gasteiger charge is -2.60. The van der Waals surface area contributed by atoms with Crippen molar-refractivity contribution in [2.75, 3.05) is 0 Å². The summed E-state index contributed by atoms with van der Waals surface area (Å²) in [5.41, 5.74) is 0.912. The molecule has 0 heterocycles. The molecule has 0 radical (unpaired) electrons. The van der Waals surface area contributed by atoms with Crippen molar-refractivity contribution in [2.24, 2.45) is 34.5 Å². The summed E-state index contributed by atoms with van der Waals surface area (Å²) in [5.74, 6) is 3.76. The van der Waals surface area contributed by atoms with Crippen molar-refractivity contribution in [3.05, 3.63) is 0 Å². The quantitative estimate of drug-likeness (QED) is 0.675. The van der Waals surface area contributed by atoms with Crippen molar-refractivity contribution in [2.45, 2.75) is 84.2 Å². The molecule has 0 aromatic heterocycles. The third kappa shape index (κ3) is 1.65. The summed E-state index contributed by atoms with van der Waals surface area (Å²) in [6.45, 7) is 5.04. The number of rotatable bonds is 0. The van der Waals surface area contributed by atoms with Gasteiger partial charge in [-0.05, 0) is 85.9 Å². The van der Waals surface area contributed by atoms with Gasteiger partial charge in [0.1, 0.15) is 0 Å². The molecule has 4 fully saturated rings. The second-order valence-electron chi connectivity index (χ2n) is 9.04. The molecule has 0 saturated heterocycles. The molecule has 0 aliphatic heterocycles. The van der Waals surface area contributed by atoms with Crippen LogP contribution in [0.25, 0.3) is 0 Å². The summed E-state index contributed by atoms with van der Waals surface area (Å²) in [4.78, 5) is 0. The van der Waals surface area contributed by atoms with E-state index in [2.05, 4.69) is 13.8 Å². The molecule has 0 aromatic rings. The predicted molar refractivity (Wildman–Crippen MR) is 82.4 cm³/mol. The Labute approximate surface area is 124 Å². The van der Waals surface area contributed by atoms with Gasteiger partial charge in [0.05, 0.1) is 6.10 Å². The average molecular weight is 276 g/mol. The lowest BCUT2D eigenvalue weighted by atomic mass is 9.45. The van der Waals surface area contributed by atoms with Gasteiger partial charge >= 0.3 is 0 Å². The molecule has 1 nitrogen and oxygen atoms in total. The van der Waals surface area contributed by atoms with Crippen molar-refractivity contribution < 1.29 is 5.11 Å². The first-order valence-corrected chi connectivity index (χ1v) is 9.24. The van der Waals surface area contributed by atoms with Crippen LogP contribution in [0.5, 0.6) is 0 Å². The maximum absolute atomic E-state index is 10.5. The van der Waals surface area contributed by atoms with Crippen LogP contribution >= 0.6 is 0 Å². The predicted octanol–water partition coefficient (Wildman–Crippen LogP) is 4.78. The van der Waals surface area contributed by atoms with Gasteiger partial charge in [-0.15, -0.1) is 0 Å². The van der Waals surface area contributed by atoms with E-state index in [9.17, 15) is 5.11 Å². The van der Waals surface area contributed by atoms with Crippen molar-refractivity contribution in [3.63, 3.8) is 0 Å². The fraction of sp³-hybridized carbons (Fsp3) is 1.00. The molecule has 4 aliphatic rings. The molecule has 1 heteroatoms. The molecule has 20 heavy (non-hydrogen) atoms. The van der Waals surface area contributed by atoms with Crippen LogP contribution in [0.3, 0.4) is 0 Å². The Balaban J connectivity index is 1.64. The fourth-order valence-electron chi connectivity index (χ4n) is 7.27. The molecule has 0 bridgehead atoms. The van der Waals surface area contributed by atoms with Gasteiger partial charge in [0.25, 0.3) is 0 Å². The van der Waals surface area contributed by atoms with Crippen molar-refractivity contribution in [1.29, 1.82) is 0 Å². The van der Waals surface area contributed by atoms with E-state index in [4.69, 9.17) is 0 Å².